The van der Waals surface area contributed by atoms with E-state index in [1.54, 1.807) is 0 Å². The van der Waals surface area contributed by atoms with Gasteiger partial charge in [0, 0.05) is 36.3 Å². The van der Waals surface area contributed by atoms with Crippen molar-refractivity contribution in [2.45, 2.75) is 6.42 Å². The third-order valence-corrected chi connectivity index (χ3v) is 4.54. The number of nitrogens with zero attached hydrogens (tertiary/aromatic N) is 1. The number of carbonyl (C=O) groups excluding carboxylic acids is 1. The molecular weight excluding hydrogens is 286 g/mol. The molecule has 2 aliphatic rings. The topological polar surface area (TPSA) is 29.5 Å². The zero-order valence-electron chi connectivity index (χ0n) is 13.0. The molecule has 0 saturated carbocycles. The highest BCUT2D eigenvalue weighted by atomic mass is 16.5. The molecule has 0 bridgehead atoms. The number of benzene rings is 2. The molecule has 0 N–H and O–H groups in total. The van der Waals surface area contributed by atoms with Crippen LogP contribution in [0, 0.1) is 0 Å². The minimum Gasteiger partial charge on any atom is -0.378 e. The molecule has 4 rings (SSSR count). The van der Waals surface area contributed by atoms with Gasteiger partial charge < -0.3 is 9.64 Å². The molecule has 0 spiro atoms. The quantitative estimate of drug-likeness (QED) is 0.797. The van der Waals surface area contributed by atoms with E-state index in [0.29, 0.717) is 0 Å². The van der Waals surface area contributed by atoms with E-state index in [-0.39, 0.29) is 5.78 Å². The van der Waals surface area contributed by atoms with Crippen molar-refractivity contribution in [1.29, 1.82) is 0 Å². The Hall–Kier alpha value is -2.39. The van der Waals surface area contributed by atoms with E-state index in [1.165, 1.54) is 5.69 Å². The Morgan fingerprint density at radius 2 is 1.70 bits per heavy atom. The van der Waals surface area contributed by atoms with Crippen LogP contribution in [0.5, 0.6) is 0 Å². The molecule has 2 aromatic carbocycles. The summed E-state index contributed by atoms with van der Waals surface area (Å²) >= 11 is 0. The van der Waals surface area contributed by atoms with E-state index in [4.69, 9.17) is 4.74 Å². The molecule has 1 aliphatic carbocycles. The van der Waals surface area contributed by atoms with Crippen molar-refractivity contribution in [2.24, 2.45) is 0 Å². The minimum atomic E-state index is 0.165. The Bertz CT molecular complexity index is 755. The van der Waals surface area contributed by atoms with Crippen molar-refractivity contribution in [3.63, 3.8) is 0 Å². The number of Topliss-reactive ketones (excluding diaryl/α,β-unsaturated/α-hetero) is 1. The number of hydrogen-bond donors (Lipinski definition) is 0. The second-order valence-corrected chi connectivity index (χ2v) is 6.02. The number of morpholine rings is 1. The van der Waals surface area contributed by atoms with Gasteiger partial charge in [-0.2, -0.15) is 0 Å². The van der Waals surface area contributed by atoms with Crippen molar-refractivity contribution >= 4 is 17.5 Å². The molecule has 116 valence electrons. The molecule has 0 unspecified atom stereocenters. The number of hydrogen-bond acceptors (Lipinski definition) is 3. The van der Waals surface area contributed by atoms with Gasteiger partial charge in [0.2, 0.25) is 0 Å². The van der Waals surface area contributed by atoms with Gasteiger partial charge in [0.25, 0.3) is 0 Å². The molecule has 1 fully saturated rings. The third-order valence-electron chi connectivity index (χ3n) is 4.54. The summed E-state index contributed by atoms with van der Waals surface area (Å²) in [5.41, 5.74) is 5.16. The van der Waals surface area contributed by atoms with Crippen molar-refractivity contribution in [3.05, 3.63) is 70.8 Å². The Balaban J connectivity index is 1.54. The average Bonchev–Trinajstić information content (AvgIpc) is 2.93. The Morgan fingerprint density at radius 3 is 2.43 bits per heavy atom. The van der Waals surface area contributed by atoms with E-state index in [2.05, 4.69) is 29.2 Å². The van der Waals surface area contributed by atoms with E-state index in [0.717, 1.165) is 55.0 Å². The van der Waals surface area contributed by atoms with Crippen LogP contribution in [0.3, 0.4) is 0 Å². The maximum absolute atomic E-state index is 12.4. The second kappa shape index (κ2) is 6.01. The van der Waals surface area contributed by atoms with Crippen LogP contribution in [-0.4, -0.2) is 32.1 Å². The van der Waals surface area contributed by atoms with Crippen molar-refractivity contribution in [1.82, 2.24) is 0 Å². The molecule has 0 radical (unpaired) electrons. The summed E-state index contributed by atoms with van der Waals surface area (Å²) in [7, 11) is 0. The monoisotopic (exact) mass is 305 g/mol. The third kappa shape index (κ3) is 2.80. The zero-order chi connectivity index (χ0) is 15.6. The lowest BCUT2D eigenvalue weighted by atomic mass is 10.1. The van der Waals surface area contributed by atoms with E-state index in [9.17, 15) is 4.79 Å². The summed E-state index contributed by atoms with van der Waals surface area (Å²) in [5, 5.41) is 0. The second-order valence-electron chi connectivity index (χ2n) is 6.02. The van der Waals surface area contributed by atoms with E-state index in [1.807, 2.05) is 30.3 Å². The van der Waals surface area contributed by atoms with Gasteiger partial charge in [-0.25, -0.2) is 0 Å². The summed E-state index contributed by atoms with van der Waals surface area (Å²) in [5.74, 6) is 0.165. The highest BCUT2D eigenvalue weighted by Gasteiger charge is 2.23. The molecular formula is C20H19NO2. The number of ether oxygens (including phenoxy) is 1. The maximum Gasteiger partial charge on any atom is 0.189 e. The Kier molecular flexibility index (Phi) is 3.72. The first-order valence-corrected chi connectivity index (χ1v) is 8.07. The smallest absolute Gasteiger partial charge is 0.189 e. The molecule has 3 heteroatoms. The maximum atomic E-state index is 12.4. The lowest BCUT2D eigenvalue weighted by Gasteiger charge is -2.28. The summed E-state index contributed by atoms with van der Waals surface area (Å²) in [4.78, 5) is 14.8. The fraction of sp³-hybridized carbons (Fsp3) is 0.250. The summed E-state index contributed by atoms with van der Waals surface area (Å²) in [6.45, 7) is 3.46. The fourth-order valence-electron chi connectivity index (χ4n) is 3.28. The number of ketones is 1. The van der Waals surface area contributed by atoms with Gasteiger partial charge in [-0.3, -0.25) is 4.79 Å². The zero-order valence-corrected chi connectivity index (χ0v) is 13.0. The summed E-state index contributed by atoms with van der Waals surface area (Å²) in [6, 6.07) is 16.3. The number of fused-ring (bicyclic) bond motifs is 1. The van der Waals surface area contributed by atoms with Crippen LogP contribution in [0.25, 0.3) is 6.08 Å². The van der Waals surface area contributed by atoms with Gasteiger partial charge >= 0.3 is 0 Å². The predicted molar refractivity (Wildman–Crippen MR) is 91.9 cm³/mol. The highest BCUT2D eigenvalue weighted by molar-refractivity contribution is 6.15. The Labute approximate surface area is 136 Å². The summed E-state index contributed by atoms with van der Waals surface area (Å²) in [6.07, 6.45) is 2.76. The lowest BCUT2D eigenvalue weighted by Crippen LogP contribution is -2.36. The first kappa shape index (κ1) is 14.2. The standard InChI is InChI=1S/C20H19NO2/c22-20-17(14-16-3-1-2-4-19(16)20)13-15-5-7-18(8-6-15)21-9-11-23-12-10-21/h1-8,13H,9-12,14H2. The average molecular weight is 305 g/mol. The Morgan fingerprint density at radius 1 is 0.957 bits per heavy atom. The van der Waals surface area contributed by atoms with E-state index >= 15 is 0 Å². The molecule has 0 atom stereocenters. The van der Waals surface area contributed by atoms with Crippen molar-refractivity contribution in [3.8, 4) is 0 Å². The van der Waals surface area contributed by atoms with Crippen LogP contribution in [-0.2, 0) is 11.2 Å². The van der Waals surface area contributed by atoms with Crippen LogP contribution in [0.15, 0.2) is 54.1 Å². The fourth-order valence-corrected chi connectivity index (χ4v) is 3.28. The van der Waals surface area contributed by atoms with E-state index < -0.39 is 0 Å². The molecule has 23 heavy (non-hydrogen) atoms. The van der Waals surface area contributed by atoms with Crippen LogP contribution in [0.2, 0.25) is 0 Å². The lowest BCUT2D eigenvalue weighted by molar-refractivity contribution is 0.104. The van der Waals surface area contributed by atoms with Crippen LogP contribution in [0.1, 0.15) is 21.5 Å². The molecule has 1 aliphatic heterocycles. The molecule has 1 saturated heterocycles. The van der Waals surface area contributed by atoms with Crippen LogP contribution >= 0.6 is 0 Å². The SMILES string of the molecule is O=C1C(=Cc2ccc(N3CCOCC3)cc2)Cc2ccccc21. The molecule has 1 heterocycles. The van der Waals surface area contributed by atoms with Gasteiger partial charge in [-0.15, -0.1) is 0 Å². The predicted octanol–water partition coefficient (Wildman–Crippen LogP) is 3.35. The van der Waals surface area contributed by atoms with Gasteiger partial charge in [-0.05, 0) is 29.3 Å². The van der Waals surface area contributed by atoms with Crippen LogP contribution < -0.4 is 4.90 Å². The normalized spacial score (nSPS) is 19.2. The van der Waals surface area contributed by atoms with Crippen molar-refractivity contribution in [2.75, 3.05) is 31.2 Å². The van der Waals surface area contributed by atoms with Gasteiger partial charge in [0.05, 0.1) is 13.2 Å². The number of rotatable bonds is 2. The van der Waals surface area contributed by atoms with Gasteiger partial charge in [-0.1, -0.05) is 36.4 Å². The largest absolute Gasteiger partial charge is 0.378 e. The highest BCUT2D eigenvalue weighted by Crippen LogP contribution is 2.28. The van der Waals surface area contributed by atoms with Crippen LogP contribution in [0.4, 0.5) is 5.69 Å². The molecule has 3 nitrogen and oxygen atoms in total. The molecule has 0 aromatic heterocycles. The van der Waals surface area contributed by atoms with Gasteiger partial charge in [0.15, 0.2) is 5.78 Å². The molecule has 2 aromatic rings. The number of anilines is 1. The number of allylic oxidation sites excluding steroid dienone is 1. The summed E-state index contributed by atoms with van der Waals surface area (Å²) < 4.78 is 5.39. The minimum absolute atomic E-state index is 0.165. The first-order chi connectivity index (χ1) is 11.3. The first-order valence-electron chi connectivity index (χ1n) is 8.07. The molecule has 0 amide bonds. The van der Waals surface area contributed by atoms with Crippen molar-refractivity contribution < 1.29 is 9.53 Å². The van der Waals surface area contributed by atoms with Gasteiger partial charge in [0.1, 0.15) is 0 Å². The number of carbonyl (C=O) groups is 1.